The first kappa shape index (κ1) is 16.2. The lowest BCUT2D eigenvalue weighted by atomic mass is 10.0. The molecule has 0 aromatic carbocycles. The van der Waals surface area contributed by atoms with Crippen molar-refractivity contribution in [3.63, 3.8) is 0 Å². The third-order valence-electron chi connectivity index (χ3n) is 4.23. The Morgan fingerprint density at radius 2 is 2.38 bits per heavy atom. The Balaban J connectivity index is 1.72. The first-order valence-electron chi connectivity index (χ1n) is 8.14. The van der Waals surface area contributed by atoms with E-state index in [1.807, 2.05) is 11.8 Å². The number of aryl methyl sites for hydroxylation is 2. The van der Waals surface area contributed by atoms with Crippen LogP contribution in [0.2, 0.25) is 0 Å². The number of H-pyrrole nitrogens is 1. The van der Waals surface area contributed by atoms with Gasteiger partial charge in [-0.25, -0.2) is 4.98 Å². The molecule has 0 bridgehead atoms. The van der Waals surface area contributed by atoms with Crippen LogP contribution in [0.5, 0.6) is 0 Å². The molecule has 8 nitrogen and oxygen atoms in total. The van der Waals surface area contributed by atoms with Crippen molar-refractivity contribution in [2.75, 3.05) is 18.0 Å². The third kappa shape index (κ3) is 3.17. The van der Waals surface area contributed by atoms with Crippen LogP contribution in [-0.4, -0.2) is 40.2 Å². The van der Waals surface area contributed by atoms with Crippen LogP contribution in [0.25, 0.3) is 0 Å². The molecule has 1 aliphatic rings. The Morgan fingerprint density at radius 1 is 1.54 bits per heavy atom. The van der Waals surface area contributed by atoms with Gasteiger partial charge < -0.3 is 19.7 Å². The summed E-state index contributed by atoms with van der Waals surface area (Å²) in [5.74, 6) is 0.818. The number of hydrogen-bond acceptors (Lipinski definition) is 6. The molecule has 8 heteroatoms. The van der Waals surface area contributed by atoms with Gasteiger partial charge in [-0.2, -0.15) is 0 Å². The highest BCUT2D eigenvalue weighted by atomic mass is 16.5. The zero-order chi connectivity index (χ0) is 17.1. The zero-order valence-electron chi connectivity index (χ0n) is 13.8. The van der Waals surface area contributed by atoms with Gasteiger partial charge in [0, 0.05) is 37.9 Å². The van der Waals surface area contributed by atoms with Crippen molar-refractivity contribution in [2.45, 2.75) is 39.2 Å². The Kier molecular flexibility index (Phi) is 4.64. The molecule has 2 aromatic heterocycles. The molecule has 1 fully saturated rings. The van der Waals surface area contributed by atoms with E-state index in [0.717, 1.165) is 19.4 Å². The van der Waals surface area contributed by atoms with Crippen molar-refractivity contribution in [1.29, 1.82) is 0 Å². The van der Waals surface area contributed by atoms with E-state index < -0.39 is 0 Å². The van der Waals surface area contributed by atoms with Crippen LogP contribution in [0.4, 0.5) is 5.82 Å². The first-order valence-corrected chi connectivity index (χ1v) is 8.14. The van der Waals surface area contributed by atoms with E-state index in [2.05, 4.69) is 20.4 Å². The van der Waals surface area contributed by atoms with Gasteiger partial charge in [0.15, 0.2) is 5.82 Å². The summed E-state index contributed by atoms with van der Waals surface area (Å²) in [6.45, 7) is 4.99. The van der Waals surface area contributed by atoms with Crippen molar-refractivity contribution in [2.24, 2.45) is 0 Å². The number of carbonyl (C=O) groups is 1. The van der Waals surface area contributed by atoms with Gasteiger partial charge in [-0.15, -0.1) is 0 Å². The molecule has 1 amide bonds. The molecule has 0 saturated carbocycles. The number of carbonyl (C=O) groups excluding carboxylic acids is 1. The lowest BCUT2D eigenvalue weighted by Gasteiger charge is -2.33. The molecular weight excluding hydrogens is 310 g/mol. The minimum Gasteiger partial charge on any atom is -0.360 e. The molecular formula is C16H21N5O3. The van der Waals surface area contributed by atoms with Gasteiger partial charge in [0.1, 0.15) is 11.3 Å². The summed E-state index contributed by atoms with van der Waals surface area (Å²) in [4.78, 5) is 33.2. The highest BCUT2D eigenvalue weighted by Crippen LogP contribution is 2.17. The lowest BCUT2D eigenvalue weighted by molar-refractivity contribution is 0.0930. The fraction of sp³-hybridized carbons (Fsp3) is 0.500. The normalized spacial score (nSPS) is 17.8. The predicted octanol–water partition coefficient (Wildman–Crippen LogP) is 1.03. The summed E-state index contributed by atoms with van der Waals surface area (Å²) in [7, 11) is 0. The molecule has 2 aromatic rings. The molecule has 3 heterocycles. The first-order chi connectivity index (χ1) is 11.6. The molecule has 0 unspecified atom stereocenters. The number of aromatic nitrogens is 3. The average Bonchev–Trinajstić information content (AvgIpc) is 2.96. The fourth-order valence-electron chi connectivity index (χ4n) is 3.06. The second-order valence-corrected chi connectivity index (χ2v) is 5.92. The fourth-order valence-corrected chi connectivity index (χ4v) is 3.06. The highest BCUT2D eigenvalue weighted by Gasteiger charge is 2.26. The van der Waals surface area contributed by atoms with Crippen LogP contribution in [0, 0.1) is 6.92 Å². The summed E-state index contributed by atoms with van der Waals surface area (Å²) in [5.41, 5.74) is 0.899. The molecule has 1 aliphatic heterocycles. The zero-order valence-corrected chi connectivity index (χ0v) is 13.8. The number of hydrogen-bond donors (Lipinski definition) is 2. The predicted molar refractivity (Wildman–Crippen MR) is 88.2 cm³/mol. The average molecular weight is 331 g/mol. The molecule has 1 atom stereocenters. The Morgan fingerprint density at radius 3 is 3.12 bits per heavy atom. The van der Waals surface area contributed by atoms with E-state index in [0.29, 0.717) is 35.8 Å². The van der Waals surface area contributed by atoms with Crippen molar-refractivity contribution >= 4 is 11.7 Å². The SMILES string of the molecule is CCc1onc(C)c1C(=O)N[C@H]1CCCN(c2ncc[nH]c2=O)C1. The van der Waals surface area contributed by atoms with Gasteiger partial charge in [-0.3, -0.25) is 9.59 Å². The lowest BCUT2D eigenvalue weighted by Crippen LogP contribution is -2.49. The van der Waals surface area contributed by atoms with Gasteiger partial charge in [0.25, 0.3) is 11.5 Å². The topological polar surface area (TPSA) is 104 Å². The van der Waals surface area contributed by atoms with Gasteiger partial charge >= 0.3 is 0 Å². The highest BCUT2D eigenvalue weighted by molar-refractivity contribution is 5.96. The van der Waals surface area contributed by atoms with Crippen LogP contribution in [0.15, 0.2) is 21.7 Å². The number of rotatable bonds is 4. The molecule has 0 spiro atoms. The van der Waals surface area contributed by atoms with Gasteiger partial charge in [-0.05, 0) is 19.8 Å². The summed E-state index contributed by atoms with van der Waals surface area (Å²) >= 11 is 0. The third-order valence-corrected chi connectivity index (χ3v) is 4.23. The summed E-state index contributed by atoms with van der Waals surface area (Å²) in [6, 6.07) is -0.0494. The number of anilines is 1. The molecule has 0 aliphatic carbocycles. The van der Waals surface area contributed by atoms with E-state index in [1.54, 1.807) is 13.1 Å². The van der Waals surface area contributed by atoms with Gasteiger partial charge in [-0.1, -0.05) is 12.1 Å². The second-order valence-electron chi connectivity index (χ2n) is 5.92. The minimum atomic E-state index is -0.215. The Hall–Kier alpha value is -2.64. The molecule has 1 saturated heterocycles. The van der Waals surface area contributed by atoms with E-state index in [9.17, 15) is 9.59 Å². The van der Waals surface area contributed by atoms with Crippen LogP contribution in [-0.2, 0) is 6.42 Å². The maximum absolute atomic E-state index is 12.6. The molecule has 2 N–H and O–H groups in total. The minimum absolute atomic E-state index is 0.0494. The second kappa shape index (κ2) is 6.86. The van der Waals surface area contributed by atoms with Crippen LogP contribution in [0.3, 0.4) is 0 Å². The van der Waals surface area contributed by atoms with Crippen molar-refractivity contribution in [3.05, 3.63) is 39.8 Å². The quantitative estimate of drug-likeness (QED) is 0.867. The standard InChI is InChI=1S/C16H21N5O3/c1-3-12-13(10(2)20-24-12)15(22)19-11-5-4-8-21(9-11)14-16(23)18-7-6-17-14/h6-7,11H,3-5,8-9H2,1-2H3,(H,18,23)(H,19,22)/t11-/m0/s1. The smallest absolute Gasteiger partial charge is 0.290 e. The van der Waals surface area contributed by atoms with E-state index in [-0.39, 0.29) is 17.5 Å². The van der Waals surface area contributed by atoms with Crippen molar-refractivity contribution in [3.8, 4) is 0 Å². The summed E-state index contributed by atoms with van der Waals surface area (Å²) in [5, 5.41) is 6.91. The number of aromatic amines is 1. The summed E-state index contributed by atoms with van der Waals surface area (Å²) < 4.78 is 5.18. The molecule has 0 radical (unpaired) electrons. The number of piperidine rings is 1. The van der Waals surface area contributed by atoms with Crippen LogP contribution in [0.1, 0.15) is 41.6 Å². The number of nitrogens with zero attached hydrogens (tertiary/aromatic N) is 3. The molecule has 128 valence electrons. The van der Waals surface area contributed by atoms with E-state index in [1.165, 1.54) is 6.20 Å². The van der Waals surface area contributed by atoms with Crippen molar-refractivity contribution in [1.82, 2.24) is 20.4 Å². The number of nitrogens with one attached hydrogen (secondary N) is 2. The van der Waals surface area contributed by atoms with Crippen LogP contribution < -0.4 is 15.8 Å². The van der Waals surface area contributed by atoms with Crippen LogP contribution >= 0.6 is 0 Å². The maximum Gasteiger partial charge on any atom is 0.290 e. The molecule has 24 heavy (non-hydrogen) atoms. The van der Waals surface area contributed by atoms with Gasteiger partial charge in [0.05, 0.1) is 5.69 Å². The monoisotopic (exact) mass is 331 g/mol. The van der Waals surface area contributed by atoms with E-state index in [4.69, 9.17) is 4.52 Å². The van der Waals surface area contributed by atoms with Crippen molar-refractivity contribution < 1.29 is 9.32 Å². The van der Waals surface area contributed by atoms with E-state index >= 15 is 0 Å². The Labute approximate surface area is 139 Å². The summed E-state index contributed by atoms with van der Waals surface area (Å²) in [6.07, 6.45) is 5.43. The van der Waals surface area contributed by atoms with Gasteiger partial charge in [0.2, 0.25) is 0 Å². The maximum atomic E-state index is 12.6. The molecule has 3 rings (SSSR count). The Bertz CT molecular complexity index is 782. The largest absolute Gasteiger partial charge is 0.360 e. The number of amides is 1.